The van der Waals surface area contributed by atoms with Crippen LogP contribution in [0.5, 0.6) is 5.75 Å². The number of benzene rings is 2. The molecule has 0 unspecified atom stereocenters. The zero-order valence-electron chi connectivity index (χ0n) is 16.6. The summed E-state index contributed by atoms with van der Waals surface area (Å²) in [7, 11) is 0. The Morgan fingerprint density at radius 1 is 1.18 bits per heavy atom. The molecular formula is C22H25ClN2O3. The topological polar surface area (TPSA) is 64.2 Å². The Hall–Kier alpha value is -2.37. The van der Waals surface area contributed by atoms with Gasteiger partial charge in [0.15, 0.2) is 0 Å². The van der Waals surface area contributed by atoms with Gasteiger partial charge in [0, 0.05) is 6.61 Å². The molecule has 6 heteroatoms. The van der Waals surface area contributed by atoms with Crippen molar-refractivity contribution in [3.8, 4) is 16.9 Å². The number of nitrogens with one attached hydrogen (secondary N) is 1. The van der Waals surface area contributed by atoms with Crippen LogP contribution in [0.4, 0.5) is 0 Å². The molecule has 0 saturated heterocycles. The highest BCUT2D eigenvalue weighted by atomic mass is 35.5. The monoisotopic (exact) mass is 400 g/mol. The van der Waals surface area contributed by atoms with E-state index >= 15 is 0 Å². The highest BCUT2D eigenvalue weighted by Gasteiger charge is 2.15. The number of nitrogens with zero attached hydrogens (tertiary/aromatic N) is 1. The van der Waals surface area contributed by atoms with Gasteiger partial charge in [0.05, 0.1) is 22.5 Å². The molecule has 0 amide bonds. The van der Waals surface area contributed by atoms with Gasteiger partial charge in [-0.1, -0.05) is 31.5 Å². The van der Waals surface area contributed by atoms with E-state index in [9.17, 15) is 4.79 Å². The Morgan fingerprint density at radius 2 is 1.96 bits per heavy atom. The van der Waals surface area contributed by atoms with Crippen LogP contribution in [0.3, 0.4) is 0 Å². The first-order valence-electron chi connectivity index (χ1n) is 9.45. The first-order chi connectivity index (χ1) is 13.4. The van der Waals surface area contributed by atoms with E-state index in [4.69, 9.17) is 21.1 Å². The summed E-state index contributed by atoms with van der Waals surface area (Å²) in [6.07, 6.45) is 0. The number of aromatic nitrogens is 2. The maximum atomic E-state index is 12.4. The highest BCUT2D eigenvalue weighted by molar-refractivity contribution is 6.32. The van der Waals surface area contributed by atoms with Gasteiger partial charge in [0.2, 0.25) is 0 Å². The number of hydrogen-bond acceptors (Lipinski definition) is 4. The molecule has 0 aliphatic heterocycles. The number of fused-ring (bicyclic) bond motifs is 1. The van der Waals surface area contributed by atoms with Crippen molar-refractivity contribution in [2.24, 2.45) is 0 Å². The Balaban J connectivity index is 2.09. The fraction of sp³-hybridized carbons (Fsp3) is 0.364. The maximum absolute atomic E-state index is 12.4. The first kappa shape index (κ1) is 20.4. The smallest absolute Gasteiger partial charge is 0.258 e. The van der Waals surface area contributed by atoms with Gasteiger partial charge in [-0.2, -0.15) is 0 Å². The van der Waals surface area contributed by atoms with Crippen LogP contribution in [-0.2, 0) is 4.74 Å². The van der Waals surface area contributed by atoms with Gasteiger partial charge in [0.25, 0.3) is 5.56 Å². The lowest BCUT2D eigenvalue weighted by molar-refractivity contribution is 0.110. The van der Waals surface area contributed by atoms with E-state index in [1.807, 2.05) is 37.3 Å². The predicted octanol–water partition coefficient (Wildman–Crippen LogP) is 5.09. The molecule has 0 aliphatic rings. The quantitative estimate of drug-likeness (QED) is 0.561. The summed E-state index contributed by atoms with van der Waals surface area (Å²) in [6, 6.07) is 9.58. The van der Waals surface area contributed by atoms with Crippen LogP contribution in [0.1, 0.15) is 38.1 Å². The van der Waals surface area contributed by atoms with E-state index in [-0.39, 0.29) is 11.5 Å². The molecule has 3 aromatic rings. The maximum Gasteiger partial charge on any atom is 0.258 e. The summed E-state index contributed by atoms with van der Waals surface area (Å²) in [5.41, 5.74) is 3.61. The molecule has 148 valence electrons. The van der Waals surface area contributed by atoms with E-state index in [2.05, 4.69) is 23.8 Å². The second-order valence-electron chi connectivity index (χ2n) is 6.95. The minimum absolute atomic E-state index is 0.138. The summed E-state index contributed by atoms with van der Waals surface area (Å²) in [6.45, 7) is 9.56. The molecule has 0 fully saturated rings. The number of aryl methyl sites for hydroxylation is 1. The normalized spacial score (nSPS) is 11.4. The van der Waals surface area contributed by atoms with Crippen LogP contribution < -0.4 is 10.3 Å². The molecule has 1 N–H and O–H groups in total. The molecule has 0 bridgehead atoms. The fourth-order valence-electron chi connectivity index (χ4n) is 3.18. The second kappa shape index (κ2) is 8.76. The van der Waals surface area contributed by atoms with Crippen LogP contribution in [0.2, 0.25) is 5.02 Å². The van der Waals surface area contributed by atoms with Crippen molar-refractivity contribution < 1.29 is 9.47 Å². The summed E-state index contributed by atoms with van der Waals surface area (Å²) >= 11 is 6.31. The van der Waals surface area contributed by atoms with Gasteiger partial charge in [-0.05, 0) is 60.7 Å². The molecule has 3 rings (SSSR count). The van der Waals surface area contributed by atoms with Crippen LogP contribution >= 0.6 is 11.6 Å². The van der Waals surface area contributed by atoms with Gasteiger partial charge < -0.3 is 14.5 Å². The Labute approximate surface area is 169 Å². The third-order valence-electron chi connectivity index (χ3n) is 4.55. The number of H-pyrrole nitrogens is 1. The largest absolute Gasteiger partial charge is 0.490 e. The van der Waals surface area contributed by atoms with Crippen molar-refractivity contribution in [3.63, 3.8) is 0 Å². The Kier molecular flexibility index (Phi) is 6.37. The van der Waals surface area contributed by atoms with Crippen LogP contribution in [0, 0.1) is 6.92 Å². The Morgan fingerprint density at radius 3 is 2.68 bits per heavy atom. The molecule has 5 nitrogen and oxygen atoms in total. The SMILES string of the molecule is CCOCCOc1cc(-c2cc3c(=O)[nH]c(C)nc3cc2C(C)C)ccc1Cl. The van der Waals surface area contributed by atoms with E-state index in [1.54, 1.807) is 6.92 Å². The molecule has 0 atom stereocenters. The molecule has 0 saturated carbocycles. The third-order valence-corrected chi connectivity index (χ3v) is 4.86. The van der Waals surface area contributed by atoms with E-state index in [1.165, 1.54) is 0 Å². The minimum atomic E-state index is -0.138. The lowest BCUT2D eigenvalue weighted by Crippen LogP contribution is -2.10. The standard InChI is InChI=1S/C22H25ClN2O3/c1-5-27-8-9-28-21-10-15(6-7-19(21)23)17-11-18-20(12-16(17)13(2)3)24-14(4)25-22(18)26/h6-7,10-13H,5,8-9H2,1-4H3,(H,24,25,26). The number of aromatic amines is 1. The molecule has 28 heavy (non-hydrogen) atoms. The number of ether oxygens (including phenoxy) is 2. The fourth-order valence-corrected chi connectivity index (χ4v) is 3.36. The van der Waals surface area contributed by atoms with Crippen LogP contribution in [0.25, 0.3) is 22.0 Å². The highest BCUT2D eigenvalue weighted by Crippen LogP contribution is 2.36. The summed E-state index contributed by atoms with van der Waals surface area (Å²) < 4.78 is 11.1. The second-order valence-corrected chi connectivity index (χ2v) is 7.36. The van der Waals surface area contributed by atoms with Crippen molar-refractivity contribution in [2.45, 2.75) is 33.6 Å². The third kappa shape index (κ3) is 4.37. The molecular weight excluding hydrogens is 376 g/mol. The molecule has 1 aromatic heterocycles. The number of hydrogen-bond donors (Lipinski definition) is 1. The van der Waals surface area contributed by atoms with Gasteiger partial charge >= 0.3 is 0 Å². The van der Waals surface area contributed by atoms with Crippen molar-refractivity contribution in [3.05, 3.63) is 57.1 Å². The molecule has 2 aromatic carbocycles. The van der Waals surface area contributed by atoms with Crippen molar-refractivity contribution in [1.29, 1.82) is 0 Å². The Bertz CT molecular complexity index is 1040. The van der Waals surface area contributed by atoms with Gasteiger partial charge in [-0.15, -0.1) is 0 Å². The molecule has 1 heterocycles. The average molecular weight is 401 g/mol. The average Bonchev–Trinajstić information content (AvgIpc) is 2.65. The van der Waals surface area contributed by atoms with E-state index < -0.39 is 0 Å². The van der Waals surface area contributed by atoms with Gasteiger partial charge in [-0.25, -0.2) is 4.98 Å². The zero-order chi connectivity index (χ0) is 20.3. The molecule has 0 radical (unpaired) electrons. The summed E-state index contributed by atoms with van der Waals surface area (Å²) in [4.78, 5) is 19.7. The zero-order valence-corrected chi connectivity index (χ0v) is 17.4. The van der Waals surface area contributed by atoms with Crippen molar-refractivity contribution in [2.75, 3.05) is 19.8 Å². The first-order valence-corrected chi connectivity index (χ1v) is 9.83. The predicted molar refractivity (Wildman–Crippen MR) is 114 cm³/mol. The molecule has 0 spiro atoms. The minimum Gasteiger partial charge on any atom is -0.490 e. The van der Waals surface area contributed by atoms with Crippen LogP contribution in [-0.4, -0.2) is 29.8 Å². The lowest BCUT2D eigenvalue weighted by Gasteiger charge is -2.16. The number of halogens is 1. The molecule has 0 aliphatic carbocycles. The van der Waals surface area contributed by atoms with Crippen molar-refractivity contribution >= 4 is 22.5 Å². The number of rotatable bonds is 7. The van der Waals surface area contributed by atoms with Crippen molar-refractivity contribution in [1.82, 2.24) is 9.97 Å². The van der Waals surface area contributed by atoms with E-state index in [0.717, 1.165) is 16.7 Å². The summed E-state index contributed by atoms with van der Waals surface area (Å²) in [5.74, 6) is 1.47. The van der Waals surface area contributed by atoms with Crippen LogP contribution in [0.15, 0.2) is 35.1 Å². The summed E-state index contributed by atoms with van der Waals surface area (Å²) in [5, 5.41) is 1.11. The van der Waals surface area contributed by atoms with E-state index in [0.29, 0.717) is 47.3 Å². The van der Waals surface area contributed by atoms with Gasteiger partial charge in [-0.3, -0.25) is 4.79 Å². The van der Waals surface area contributed by atoms with Gasteiger partial charge in [0.1, 0.15) is 18.2 Å². The lowest BCUT2D eigenvalue weighted by atomic mass is 9.91.